The van der Waals surface area contributed by atoms with Gasteiger partial charge in [0.1, 0.15) is 12.2 Å². The van der Waals surface area contributed by atoms with E-state index in [0.717, 1.165) is 32.1 Å². The quantitative estimate of drug-likeness (QED) is 0.410. The van der Waals surface area contributed by atoms with Gasteiger partial charge in [0.05, 0.1) is 5.60 Å². The molecule has 0 amide bonds. The molecule has 0 aromatic heterocycles. The van der Waals surface area contributed by atoms with Crippen LogP contribution in [-0.4, -0.2) is 34.9 Å². The first-order valence-corrected chi connectivity index (χ1v) is 13.5. The van der Waals surface area contributed by atoms with Gasteiger partial charge in [0.25, 0.3) is 0 Å². The third-order valence-electron chi connectivity index (χ3n) is 9.14. The van der Waals surface area contributed by atoms with Crippen LogP contribution in [0.15, 0.2) is 23.3 Å². The smallest absolute Gasteiger partial charge is 0.302 e. The number of hydrogen-bond acceptors (Lipinski definition) is 5. The molecule has 0 saturated heterocycles. The van der Waals surface area contributed by atoms with Crippen LogP contribution >= 0.6 is 0 Å². The highest BCUT2D eigenvalue weighted by atomic mass is 16.6. The fourth-order valence-electron chi connectivity index (χ4n) is 7.00. The van der Waals surface area contributed by atoms with E-state index in [2.05, 4.69) is 32.9 Å². The molecule has 1 N–H and O–H groups in total. The lowest BCUT2D eigenvalue weighted by atomic mass is 9.62. The number of fused-ring (bicyclic) bond motifs is 1. The van der Waals surface area contributed by atoms with Crippen LogP contribution in [0.3, 0.4) is 0 Å². The van der Waals surface area contributed by atoms with Gasteiger partial charge in [0, 0.05) is 33.1 Å². The van der Waals surface area contributed by atoms with Crippen molar-refractivity contribution in [2.75, 3.05) is 0 Å². The van der Waals surface area contributed by atoms with Crippen molar-refractivity contribution in [3.63, 3.8) is 0 Å². The monoisotopic (exact) mass is 474 g/mol. The summed E-state index contributed by atoms with van der Waals surface area (Å²) in [5.74, 6) is 0.708. The Morgan fingerprint density at radius 3 is 2.24 bits per heavy atom. The summed E-state index contributed by atoms with van der Waals surface area (Å²) < 4.78 is 11.0. The van der Waals surface area contributed by atoms with E-state index in [4.69, 9.17) is 9.47 Å². The number of aliphatic hydroxyl groups is 1. The van der Waals surface area contributed by atoms with Crippen LogP contribution in [0.1, 0.15) is 112 Å². The van der Waals surface area contributed by atoms with E-state index < -0.39 is 5.60 Å². The summed E-state index contributed by atoms with van der Waals surface area (Å²) in [6, 6.07) is 0. The summed E-state index contributed by atoms with van der Waals surface area (Å²) in [6.45, 7) is 9.55. The van der Waals surface area contributed by atoms with Gasteiger partial charge in [-0.3, -0.25) is 9.59 Å². The Balaban J connectivity index is 1.72. The molecular formula is C29H46O5. The highest BCUT2D eigenvalue weighted by Crippen LogP contribution is 2.59. The van der Waals surface area contributed by atoms with Crippen LogP contribution in [0.5, 0.6) is 0 Å². The number of carbonyl (C=O) groups is 2. The van der Waals surface area contributed by atoms with Crippen molar-refractivity contribution >= 4 is 11.9 Å². The predicted octanol–water partition coefficient (Wildman–Crippen LogP) is 6.43. The van der Waals surface area contributed by atoms with E-state index in [9.17, 15) is 14.7 Å². The van der Waals surface area contributed by atoms with Crippen molar-refractivity contribution in [3.8, 4) is 0 Å². The molecule has 3 rings (SSSR count). The zero-order valence-electron chi connectivity index (χ0n) is 22.0. The average Bonchev–Trinajstić information content (AvgIpc) is 3.11. The molecule has 3 unspecified atom stereocenters. The van der Waals surface area contributed by atoms with Crippen LogP contribution in [0.2, 0.25) is 0 Å². The largest absolute Gasteiger partial charge is 0.462 e. The van der Waals surface area contributed by atoms with Gasteiger partial charge in [-0.15, -0.1) is 0 Å². The molecule has 5 heteroatoms. The summed E-state index contributed by atoms with van der Waals surface area (Å²) in [5.41, 5.74) is 2.54. The molecule has 5 atom stereocenters. The van der Waals surface area contributed by atoms with Gasteiger partial charge in [-0.2, -0.15) is 0 Å². The fourth-order valence-corrected chi connectivity index (χ4v) is 7.00. The average molecular weight is 475 g/mol. The predicted molar refractivity (Wildman–Crippen MR) is 134 cm³/mol. The zero-order chi connectivity index (χ0) is 24.9. The maximum atomic E-state index is 11.5. The standard InChI is InChI=1S/C29H46O5/c1-6-29(32,7-2)16-14-24-12-13-27-23(9-8-15-28(24,27)5)11-10-22-17-25(33-20(3)30)19-26(18-22)34-21(4)31/h10-11,24-27,32H,6-9,12-19H2,1-5H3/b22-10-,23-11+/t24?,25?,26-,27?,28-/m1/s1. The topological polar surface area (TPSA) is 72.8 Å². The molecule has 34 heavy (non-hydrogen) atoms. The Morgan fingerprint density at radius 2 is 1.68 bits per heavy atom. The Kier molecular flexibility index (Phi) is 9.05. The van der Waals surface area contributed by atoms with Gasteiger partial charge >= 0.3 is 11.9 Å². The first kappa shape index (κ1) is 27.0. The van der Waals surface area contributed by atoms with Crippen molar-refractivity contribution in [3.05, 3.63) is 23.3 Å². The second-order valence-corrected chi connectivity index (χ2v) is 11.3. The number of rotatable bonds is 8. The molecule has 0 spiro atoms. The van der Waals surface area contributed by atoms with Crippen LogP contribution in [-0.2, 0) is 19.1 Å². The maximum absolute atomic E-state index is 11.5. The maximum Gasteiger partial charge on any atom is 0.302 e. The van der Waals surface area contributed by atoms with E-state index in [0.29, 0.717) is 36.5 Å². The number of carbonyl (C=O) groups excluding carboxylic acids is 2. The van der Waals surface area contributed by atoms with Gasteiger partial charge in [0.15, 0.2) is 0 Å². The van der Waals surface area contributed by atoms with E-state index in [-0.39, 0.29) is 24.1 Å². The van der Waals surface area contributed by atoms with E-state index >= 15 is 0 Å². The molecule has 0 aromatic carbocycles. The molecule has 0 radical (unpaired) electrons. The summed E-state index contributed by atoms with van der Waals surface area (Å²) in [6.07, 6.45) is 15.9. The van der Waals surface area contributed by atoms with Crippen molar-refractivity contribution in [2.24, 2.45) is 17.3 Å². The lowest BCUT2D eigenvalue weighted by Crippen LogP contribution is -2.35. The van der Waals surface area contributed by atoms with Crippen molar-refractivity contribution < 1.29 is 24.2 Å². The van der Waals surface area contributed by atoms with Gasteiger partial charge in [-0.1, -0.05) is 44.1 Å². The second-order valence-electron chi connectivity index (χ2n) is 11.3. The van der Waals surface area contributed by atoms with E-state index in [1.807, 2.05) is 0 Å². The highest BCUT2D eigenvalue weighted by Gasteiger charge is 2.49. The number of esters is 2. The van der Waals surface area contributed by atoms with Crippen LogP contribution in [0.4, 0.5) is 0 Å². The minimum Gasteiger partial charge on any atom is -0.462 e. The molecule has 192 valence electrons. The molecule has 5 nitrogen and oxygen atoms in total. The Morgan fingerprint density at radius 1 is 1.06 bits per heavy atom. The molecule has 0 heterocycles. The Bertz CT molecular complexity index is 766. The molecule has 0 bridgehead atoms. The van der Waals surface area contributed by atoms with Crippen LogP contribution < -0.4 is 0 Å². The SMILES string of the molecule is CCC(O)(CC)CCC1CCC2/C(=C/C=C3/CC(OC(C)=O)C[C@H](OC(C)=O)C3)CCC[C@]12C. The van der Waals surface area contributed by atoms with Crippen molar-refractivity contribution in [1.29, 1.82) is 0 Å². The normalized spacial score (nSPS) is 34.2. The van der Waals surface area contributed by atoms with Crippen molar-refractivity contribution in [1.82, 2.24) is 0 Å². The van der Waals surface area contributed by atoms with Gasteiger partial charge in [-0.25, -0.2) is 0 Å². The second kappa shape index (κ2) is 11.4. The third-order valence-corrected chi connectivity index (χ3v) is 9.14. The lowest BCUT2D eigenvalue weighted by Gasteiger charge is -2.43. The summed E-state index contributed by atoms with van der Waals surface area (Å²) >= 11 is 0. The summed E-state index contributed by atoms with van der Waals surface area (Å²) in [4.78, 5) is 23.0. The van der Waals surface area contributed by atoms with Gasteiger partial charge in [-0.05, 0) is 75.0 Å². The van der Waals surface area contributed by atoms with Crippen molar-refractivity contribution in [2.45, 2.75) is 129 Å². The minimum absolute atomic E-state index is 0.233. The minimum atomic E-state index is -0.510. The molecule has 3 fully saturated rings. The Hall–Kier alpha value is -1.62. The van der Waals surface area contributed by atoms with Gasteiger partial charge < -0.3 is 14.6 Å². The summed E-state index contributed by atoms with van der Waals surface area (Å²) in [7, 11) is 0. The van der Waals surface area contributed by atoms with Crippen LogP contribution in [0.25, 0.3) is 0 Å². The molecule has 3 aliphatic rings. The van der Waals surface area contributed by atoms with E-state index in [1.54, 1.807) is 5.57 Å². The Labute approximate surface area is 206 Å². The van der Waals surface area contributed by atoms with E-state index in [1.165, 1.54) is 45.1 Å². The molecule has 3 aliphatic carbocycles. The lowest BCUT2D eigenvalue weighted by molar-refractivity contribution is -0.154. The number of hydrogen-bond donors (Lipinski definition) is 1. The van der Waals surface area contributed by atoms with Gasteiger partial charge in [0.2, 0.25) is 0 Å². The third kappa shape index (κ3) is 6.53. The first-order valence-electron chi connectivity index (χ1n) is 13.5. The molecule has 3 saturated carbocycles. The number of ether oxygens (including phenoxy) is 2. The zero-order valence-corrected chi connectivity index (χ0v) is 22.0. The first-order chi connectivity index (χ1) is 16.1. The number of allylic oxidation sites excluding steroid dienone is 3. The van der Waals surface area contributed by atoms with Crippen LogP contribution in [0, 0.1) is 17.3 Å². The molecule has 0 aromatic rings. The fraction of sp³-hybridized carbons (Fsp3) is 0.793. The molecular weight excluding hydrogens is 428 g/mol. The molecule has 0 aliphatic heterocycles. The highest BCUT2D eigenvalue weighted by molar-refractivity contribution is 5.67. The summed E-state index contributed by atoms with van der Waals surface area (Å²) in [5, 5.41) is 10.8.